The van der Waals surface area contributed by atoms with E-state index >= 15 is 0 Å². The van der Waals surface area contributed by atoms with E-state index in [0.29, 0.717) is 29.3 Å². The SMILES string of the molecule is Cc1cc(Nc2nc(=O)n(C)cc2[C@H]2C[C@H](O)[C@@H](CO)O2)cnc1N. The fourth-order valence-corrected chi connectivity index (χ4v) is 2.78. The van der Waals surface area contributed by atoms with Crippen molar-refractivity contribution in [2.24, 2.45) is 7.05 Å². The van der Waals surface area contributed by atoms with E-state index in [0.717, 1.165) is 5.56 Å². The second-order valence-corrected chi connectivity index (χ2v) is 6.14. The van der Waals surface area contributed by atoms with Crippen LogP contribution in [0.2, 0.25) is 0 Å². The number of aryl methyl sites for hydroxylation is 2. The van der Waals surface area contributed by atoms with Gasteiger partial charge < -0.3 is 30.6 Å². The molecule has 9 heteroatoms. The third kappa shape index (κ3) is 3.48. The number of hydrogen-bond donors (Lipinski definition) is 4. The molecule has 0 spiro atoms. The molecule has 25 heavy (non-hydrogen) atoms. The van der Waals surface area contributed by atoms with Crippen LogP contribution >= 0.6 is 0 Å². The summed E-state index contributed by atoms with van der Waals surface area (Å²) in [5.41, 5.74) is 7.34. The van der Waals surface area contributed by atoms with Crippen molar-refractivity contribution in [2.45, 2.75) is 31.7 Å². The molecule has 134 valence electrons. The Morgan fingerprint density at radius 1 is 1.52 bits per heavy atom. The van der Waals surface area contributed by atoms with Crippen molar-refractivity contribution in [1.82, 2.24) is 14.5 Å². The quantitative estimate of drug-likeness (QED) is 0.606. The molecule has 5 N–H and O–H groups in total. The Hall–Kier alpha value is -2.49. The van der Waals surface area contributed by atoms with Gasteiger partial charge in [-0.3, -0.25) is 0 Å². The minimum atomic E-state index is -0.777. The number of rotatable bonds is 4. The van der Waals surface area contributed by atoms with Gasteiger partial charge in [0.2, 0.25) is 0 Å². The molecule has 3 heterocycles. The van der Waals surface area contributed by atoms with E-state index in [1.807, 2.05) is 6.92 Å². The molecule has 3 atom stereocenters. The topological polar surface area (TPSA) is 136 Å². The van der Waals surface area contributed by atoms with Gasteiger partial charge in [-0.25, -0.2) is 9.78 Å². The van der Waals surface area contributed by atoms with Crippen LogP contribution in [0.15, 0.2) is 23.3 Å². The summed E-state index contributed by atoms with van der Waals surface area (Å²) in [4.78, 5) is 20.1. The lowest BCUT2D eigenvalue weighted by atomic mass is 10.1. The highest BCUT2D eigenvalue weighted by atomic mass is 16.5. The standard InChI is InChI=1S/C16H21N5O4/c1-8-3-9(5-18-14(8)17)19-15-10(6-21(2)16(24)20-15)12-4-11(23)13(7-22)25-12/h3,5-6,11-13,22-23H,4,7H2,1-2H3,(H2,17,18)(H,19,20,24)/t11-,12+,13+/m0/s1. The largest absolute Gasteiger partial charge is 0.394 e. The zero-order chi connectivity index (χ0) is 18.1. The number of aliphatic hydroxyl groups is 2. The third-order valence-corrected chi connectivity index (χ3v) is 4.25. The van der Waals surface area contributed by atoms with Crippen molar-refractivity contribution in [2.75, 3.05) is 17.7 Å². The Balaban J connectivity index is 1.97. The van der Waals surface area contributed by atoms with E-state index in [1.165, 1.54) is 4.57 Å². The minimum Gasteiger partial charge on any atom is -0.394 e. The van der Waals surface area contributed by atoms with Crippen molar-refractivity contribution in [3.63, 3.8) is 0 Å². The molecule has 2 aromatic rings. The van der Waals surface area contributed by atoms with Crippen molar-refractivity contribution in [1.29, 1.82) is 0 Å². The smallest absolute Gasteiger partial charge is 0.349 e. The van der Waals surface area contributed by atoms with Gasteiger partial charge in [0.15, 0.2) is 0 Å². The van der Waals surface area contributed by atoms with E-state index in [4.69, 9.17) is 10.5 Å². The zero-order valence-corrected chi connectivity index (χ0v) is 14.0. The molecule has 9 nitrogen and oxygen atoms in total. The van der Waals surface area contributed by atoms with Gasteiger partial charge in [-0.2, -0.15) is 4.98 Å². The summed E-state index contributed by atoms with van der Waals surface area (Å²) in [6.07, 6.45) is 1.55. The van der Waals surface area contributed by atoms with E-state index in [-0.39, 0.29) is 6.61 Å². The van der Waals surface area contributed by atoms with Crippen LogP contribution in [0.4, 0.5) is 17.3 Å². The molecule has 0 bridgehead atoms. The molecule has 1 saturated heterocycles. The van der Waals surface area contributed by atoms with Crippen LogP contribution in [-0.4, -0.2) is 43.6 Å². The Morgan fingerprint density at radius 2 is 2.28 bits per heavy atom. The first kappa shape index (κ1) is 17.3. The minimum absolute atomic E-state index is 0.277. The first-order valence-electron chi connectivity index (χ1n) is 7.90. The summed E-state index contributed by atoms with van der Waals surface area (Å²) in [7, 11) is 1.59. The summed E-state index contributed by atoms with van der Waals surface area (Å²) >= 11 is 0. The highest BCUT2D eigenvalue weighted by Gasteiger charge is 2.36. The molecule has 1 aliphatic heterocycles. The van der Waals surface area contributed by atoms with Gasteiger partial charge in [0, 0.05) is 25.2 Å². The molecule has 1 aliphatic rings. The third-order valence-electron chi connectivity index (χ3n) is 4.25. The van der Waals surface area contributed by atoms with Gasteiger partial charge in [0.1, 0.15) is 17.7 Å². The maximum Gasteiger partial charge on any atom is 0.349 e. The molecular formula is C16H21N5O4. The highest BCUT2D eigenvalue weighted by molar-refractivity contribution is 5.61. The molecule has 0 aliphatic carbocycles. The number of nitrogens with zero attached hydrogens (tertiary/aromatic N) is 3. The second-order valence-electron chi connectivity index (χ2n) is 6.14. The van der Waals surface area contributed by atoms with Gasteiger partial charge >= 0.3 is 5.69 Å². The Kier molecular flexibility index (Phi) is 4.71. The van der Waals surface area contributed by atoms with Crippen LogP contribution < -0.4 is 16.7 Å². The fraction of sp³-hybridized carbons (Fsp3) is 0.438. The van der Waals surface area contributed by atoms with Crippen LogP contribution in [0.3, 0.4) is 0 Å². The van der Waals surface area contributed by atoms with E-state index in [2.05, 4.69) is 15.3 Å². The highest BCUT2D eigenvalue weighted by Crippen LogP contribution is 2.36. The monoisotopic (exact) mass is 347 g/mol. The van der Waals surface area contributed by atoms with E-state index in [1.54, 1.807) is 25.5 Å². The van der Waals surface area contributed by atoms with Gasteiger partial charge in [-0.1, -0.05) is 0 Å². The van der Waals surface area contributed by atoms with Crippen LogP contribution in [0.1, 0.15) is 23.7 Å². The Labute approximate surface area is 144 Å². The molecular weight excluding hydrogens is 326 g/mol. The number of hydrogen-bond acceptors (Lipinski definition) is 8. The van der Waals surface area contributed by atoms with Gasteiger partial charge in [0.25, 0.3) is 0 Å². The number of ether oxygens (including phenoxy) is 1. The number of aromatic nitrogens is 3. The van der Waals surface area contributed by atoms with E-state index in [9.17, 15) is 15.0 Å². The van der Waals surface area contributed by atoms with Gasteiger partial charge in [-0.15, -0.1) is 0 Å². The maximum atomic E-state index is 11.9. The summed E-state index contributed by atoms with van der Waals surface area (Å²) in [6.45, 7) is 1.55. The zero-order valence-electron chi connectivity index (χ0n) is 14.0. The molecule has 0 saturated carbocycles. The number of nitrogens with one attached hydrogen (secondary N) is 1. The number of pyridine rings is 1. The molecule has 2 aromatic heterocycles. The first-order valence-corrected chi connectivity index (χ1v) is 7.90. The lowest BCUT2D eigenvalue weighted by molar-refractivity contribution is -0.0226. The predicted molar refractivity (Wildman–Crippen MR) is 91.5 cm³/mol. The summed E-state index contributed by atoms with van der Waals surface area (Å²) in [6, 6.07) is 1.80. The lowest BCUT2D eigenvalue weighted by Gasteiger charge is -2.17. The Morgan fingerprint density at radius 3 is 2.92 bits per heavy atom. The lowest BCUT2D eigenvalue weighted by Crippen LogP contribution is -2.24. The Bertz CT molecular complexity index is 838. The van der Waals surface area contributed by atoms with Crippen LogP contribution in [-0.2, 0) is 11.8 Å². The van der Waals surface area contributed by atoms with Crippen LogP contribution in [0.25, 0.3) is 0 Å². The number of anilines is 3. The second kappa shape index (κ2) is 6.79. The van der Waals surface area contributed by atoms with Crippen molar-refractivity contribution in [3.05, 3.63) is 40.1 Å². The first-order chi connectivity index (χ1) is 11.9. The summed E-state index contributed by atoms with van der Waals surface area (Å²) < 4.78 is 7.04. The number of nitrogen functional groups attached to an aromatic ring is 1. The summed E-state index contributed by atoms with van der Waals surface area (Å²) in [5, 5.41) is 22.3. The number of aliphatic hydroxyl groups excluding tert-OH is 2. The van der Waals surface area contributed by atoms with Crippen molar-refractivity contribution < 1.29 is 14.9 Å². The molecule has 1 fully saturated rings. The normalized spacial score (nSPS) is 23.0. The molecule has 3 rings (SSSR count). The maximum absolute atomic E-state index is 11.9. The fourth-order valence-electron chi connectivity index (χ4n) is 2.78. The molecule has 0 aromatic carbocycles. The molecule has 0 unspecified atom stereocenters. The van der Waals surface area contributed by atoms with E-state index < -0.39 is 24.0 Å². The number of nitrogens with two attached hydrogens (primary N) is 1. The van der Waals surface area contributed by atoms with Crippen LogP contribution in [0.5, 0.6) is 0 Å². The average molecular weight is 347 g/mol. The average Bonchev–Trinajstić information content (AvgIpc) is 2.95. The van der Waals surface area contributed by atoms with Gasteiger partial charge in [-0.05, 0) is 18.6 Å². The predicted octanol–water partition coefficient (Wildman–Crippen LogP) is -0.00728. The van der Waals surface area contributed by atoms with Crippen molar-refractivity contribution in [3.8, 4) is 0 Å². The van der Waals surface area contributed by atoms with Crippen molar-refractivity contribution >= 4 is 17.3 Å². The van der Waals surface area contributed by atoms with Gasteiger partial charge in [0.05, 0.1) is 30.7 Å². The molecule has 0 amide bonds. The van der Waals surface area contributed by atoms with Crippen LogP contribution in [0, 0.1) is 6.92 Å². The summed E-state index contributed by atoms with van der Waals surface area (Å²) in [5.74, 6) is 0.751. The molecule has 0 radical (unpaired) electrons.